The van der Waals surface area contributed by atoms with Gasteiger partial charge < -0.3 is 18.3 Å². The number of methoxy groups -OCH3 is 1. The van der Waals surface area contributed by atoms with Crippen LogP contribution in [-0.4, -0.2) is 39.4 Å². The summed E-state index contributed by atoms with van der Waals surface area (Å²) in [5, 5.41) is 4.36. The standard InChI is InChI=1S/C18H24N2O5P2S/c1-20(19-13-15-5-9-17(22-2)10-6-15)26(28)25-18-11-7-16(8-12-18)14-27(21,23-3)24-4/h5-13,28H,14H2,1-4H3/b19-13-. The van der Waals surface area contributed by atoms with Gasteiger partial charge in [-0.3, -0.25) is 4.57 Å². The molecule has 7 nitrogen and oxygen atoms in total. The van der Waals surface area contributed by atoms with Crippen LogP contribution in [0.15, 0.2) is 53.6 Å². The fourth-order valence-electron chi connectivity index (χ4n) is 2.12. The van der Waals surface area contributed by atoms with Crippen LogP contribution in [0.5, 0.6) is 11.5 Å². The summed E-state index contributed by atoms with van der Waals surface area (Å²) in [6.45, 7) is 0. The molecule has 152 valence electrons. The van der Waals surface area contributed by atoms with Gasteiger partial charge >= 0.3 is 7.60 Å². The van der Waals surface area contributed by atoms with Crippen LogP contribution in [0.1, 0.15) is 11.1 Å². The monoisotopic (exact) mass is 442 g/mol. The van der Waals surface area contributed by atoms with Crippen molar-refractivity contribution in [3.63, 3.8) is 0 Å². The largest absolute Gasteiger partial charge is 0.497 e. The number of ether oxygens (including phenoxy) is 1. The molecular formula is C18H24N2O5P2S. The molecule has 2 aromatic rings. The van der Waals surface area contributed by atoms with E-state index in [4.69, 9.17) is 18.3 Å². The molecule has 0 aliphatic heterocycles. The van der Waals surface area contributed by atoms with Crippen LogP contribution in [0, 0.1) is 0 Å². The molecule has 10 heteroatoms. The molecule has 1 atom stereocenters. The lowest BCUT2D eigenvalue weighted by Gasteiger charge is -2.20. The minimum absolute atomic E-state index is 0.196. The van der Waals surface area contributed by atoms with Gasteiger partial charge in [-0.05, 0) is 47.5 Å². The normalized spacial score (nSPS) is 12.8. The maximum absolute atomic E-state index is 12.2. The SMILES string of the molecule is COc1ccc(/C=N\N(C)P(S)Oc2ccc(CP(=O)(OC)OC)cc2)cc1. The van der Waals surface area contributed by atoms with Gasteiger partial charge in [0.15, 0.2) is 0 Å². The predicted octanol–water partition coefficient (Wildman–Crippen LogP) is 5.18. The molecule has 0 bridgehead atoms. The van der Waals surface area contributed by atoms with Crippen molar-refractivity contribution in [3.05, 3.63) is 59.7 Å². The first-order chi connectivity index (χ1) is 13.4. The van der Waals surface area contributed by atoms with E-state index < -0.39 is 15.1 Å². The van der Waals surface area contributed by atoms with Gasteiger partial charge in [-0.2, -0.15) is 5.10 Å². The fourth-order valence-corrected chi connectivity index (χ4v) is 4.18. The Bertz CT molecular complexity index is 810. The van der Waals surface area contributed by atoms with Crippen LogP contribution in [0.2, 0.25) is 0 Å². The quantitative estimate of drug-likeness (QED) is 0.237. The lowest BCUT2D eigenvalue weighted by Crippen LogP contribution is -2.05. The molecule has 1 unspecified atom stereocenters. The van der Waals surface area contributed by atoms with Gasteiger partial charge in [0.2, 0.25) is 0 Å². The lowest BCUT2D eigenvalue weighted by molar-refractivity contribution is 0.275. The Morgan fingerprint density at radius 3 is 2.14 bits per heavy atom. The second kappa shape index (κ2) is 10.8. The molecule has 0 aromatic heterocycles. The Kier molecular flexibility index (Phi) is 8.80. The van der Waals surface area contributed by atoms with Crippen molar-refractivity contribution < 1.29 is 22.9 Å². The molecule has 0 amide bonds. The van der Waals surface area contributed by atoms with E-state index in [-0.39, 0.29) is 6.16 Å². The van der Waals surface area contributed by atoms with Gasteiger partial charge in [-0.25, -0.2) is 4.78 Å². The Labute approximate surface area is 172 Å². The number of nitrogens with zero attached hydrogens (tertiary/aromatic N) is 2. The third-order valence-corrected chi connectivity index (χ3v) is 7.64. The molecule has 0 radical (unpaired) electrons. The summed E-state index contributed by atoms with van der Waals surface area (Å²) in [6, 6.07) is 14.8. The summed E-state index contributed by atoms with van der Waals surface area (Å²) < 4.78 is 34.7. The Balaban J connectivity index is 1.92. The number of hydrazone groups is 1. The molecule has 0 N–H and O–H groups in total. The number of rotatable bonds is 10. The van der Waals surface area contributed by atoms with E-state index in [1.165, 1.54) is 14.2 Å². The van der Waals surface area contributed by atoms with E-state index in [2.05, 4.69) is 17.4 Å². The Morgan fingerprint density at radius 2 is 1.61 bits per heavy atom. The van der Waals surface area contributed by atoms with Gasteiger partial charge in [0, 0.05) is 21.3 Å². The highest BCUT2D eigenvalue weighted by Gasteiger charge is 2.21. The molecule has 2 rings (SSSR count). The Morgan fingerprint density at radius 1 is 1.04 bits per heavy atom. The zero-order chi connectivity index (χ0) is 20.6. The lowest BCUT2D eigenvalue weighted by atomic mass is 10.2. The van der Waals surface area contributed by atoms with Crippen LogP contribution < -0.4 is 9.26 Å². The maximum Gasteiger partial charge on any atom is 0.334 e. The zero-order valence-corrected chi connectivity index (χ0v) is 18.9. The number of thiol groups is 1. The van der Waals surface area contributed by atoms with Gasteiger partial charge in [-0.1, -0.05) is 24.4 Å². The van der Waals surface area contributed by atoms with E-state index in [0.717, 1.165) is 16.9 Å². The minimum atomic E-state index is -3.09. The van der Waals surface area contributed by atoms with Crippen molar-refractivity contribution >= 4 is 33.6 Å². The molecule has 0 saturated heterocycles. The minimum Gasteiger partial charge on any atom is -0.497 e. The van der Waals surface area contributed by atoms with Crippen molar-refractivity contribution in [2.45, 2.75) is 6.16 Å². The summed E-state index contributed by atoms with van der Waals surface area (Å²) in [5.74, 6) is 1.43. The van der Waals surface area contributed by atoms with Gasteiger partial charge in [0.05, 0.1) is 19.5 Å². The third-order valence-electron chi connectivity index (χ3n) is 3.78. The summed E-state index contributed by atoms with van der Waals surface area (Å²) >= 11 is 4.49. The second-order valence-corrected chi connectivity index (χ2v) is 10.2. The van der Waals surface area contributed by atoms with Crippen molar-refractivity contribution in [2.75, 3.05) is 28.4 Å². The summed E-state index contributed by atoms with van der Waals surface area (Å²) in [5.41, 5.74) is 1.77. The van der Waals surface area contributed by atoms with Crippen LogP contribution in [0.3, 0.4) is 0 Å². The molecule has 0 saturated carbocycles. The van der Waals surface area contributed by atoms with E-state index >= 15 is 0 Å². The number of benzene rings is 2. The van der Waals surface area contributed by atoms with Crippen molar-refractivity contribution in [1.82, 2.24) is 4.78 Å². The van der Waals surface area contributed by atoms with Crippen LogP contribution in [0.4, 0.5) is 0 Å². The summed E-state index contributed by atoms with van der Waals surface area (Å²) in [7, 11) is 1.81. The third kappa shape index (κ3) is 6.80. The second-order valence-electron chi connectivity index (χ2n) is 5.63. The molecule has 28 heavy (non-hydrogen) atoms. The van der Waals surface area contributed by atoms with Crippen LogP contribution >= 0.6 is 27.3 Å². The Hall–Kier alpha value is -1.56. The highest BCUT2D eigenvalue weighted by Crippen LogP contribution is 2.50. The predicted molar refractivity (Wildman–Crippen MR) is 117 cm³/mol. The first-order valence-electron chi connectivity index (χ1n) is 8.27. The molecule has 0 aliphatic rings. The molecule has 0 heterocycles. The van der Waals surface area contributed by atoms with E-state index in [9.17, 15) is 4.57 Å². The average molecular weight is 442 g/mol. The van der Waals surface area contributed by atoms with Crippen molar-refractivity contribution in [1.29, 1.82) is 0 Å². The van der Waals surface area contributed by atoms with Crippen molar-refractivity contribution in [2.24, 2.45) is 5.10 Å². The highest BCUT2D eigenvalue weighted by atomic mass is 32.7. The van der Waals surface area contributed by atoms with Crippen LogP contribution in [-0.2, 0) is 19.8 Å². The summed E-state index contributed by atoms with van der Waals surface area (Å²) in [4.78, 5) is 0. The first kappa shape index (κ1) is 22.7. The van der Waals surface area contributed by atoms with Crippen molar-refractivity contribution in [3.8, 4) is 11.5 Å². The fraction of sp³-hybridized carbons (Fsp3) is 0.278. The van der Waals surface area contributed by atoms with Gasteiger partial charge in [-0.15, -0.1) is 0 Å². The number of hydrogen-bond donors (Lipinski definition) is 1. The van der Waals surface area contributed by atoms with Crippen LogP contribution in [0.25, 0.3) is 0 Å². The zero-order valence-electron chi connectivity index (χ0n) is 16.2. The van der Waals surface area contributed by atoms with E-state index in [0.29, 0.717) is 5.75 Å². The molecule has 0 fully saturated rings. The van der Waals surface area contributed by atoms with Gasteiger partial charge in [0.1, 0.15) is 11.5 Å². The number of hydrogen-bond acceptors (Lipinski definition) is 8. The van der Waals surface area contributed by atoms with E-state index in [1.807, 2.05) is 36.4 Å². The smallest absolute Gasteiger partial charge is 0.334 e. The van der Waals surface area contributed by atoms with Gasteiger partial charge in [0.25, 0.3) is 7.50 Å². The molecule has 0 aliphatic carbocycles. The van der Waals surface area contributed by atoms with E-state index in [1.54, 1.807) is 37.3 Å². The first-order valence-corrected chi connectivity index (χ1v) is 12.4. The maximum atomic E-state index is 12.2. The molecule has 2 aromatic carbocycles. The summed E-state index contributed by atoms with van der Waals surface area (Å²) in [6.07, 6.45) is 1.92. The molecular weight excluding hydrogens is 418 g/mol. The molecule has 0 spiro atoms. The topological polar surface area (TPSA) is 69.6 Å². The average Bonchev–Trinajstić information content (AvgIpc) is 2.73. The highest BCUT2D eigenvalue weighted by molar-refractivity contribution is 8.42.